The number of aromatic hydroxyl groups is 1. The zero-order chi connectivity index (χ0) is 12.4. The smallest absolute Gasteiger partial charge is 0.233 e. The average molecular weight is 288 g/mol. The molecule has 88 valence electrons. The minimum Gasteiger partial charge on any atom is -0.492 e. The Hall–Kier alpha value is -1.30. The van der Waals surface area contributed by atoms with Gasteiger partial charge in [-0.05, 0) is 29.7 Å². The predicted molar refractivity (Wildman–Crippen MR) is 71.4 cm³/mol. The van der Waals surface area contributed by atoms with Gasteiger partial charge in [-0.3, -0.25) is 0 Å². The van der Waals surface area contributed by atoms with Gasteiger partial charge in [0.15, 0.2) is 0 Å². The third kappa shape index (κ3) is 2.52. The van der Waals surface area contributed by atoms with Gasteiger partial charge in [0, 0.05) is 11.2 Å². The summed E-state index contributed by atoms with van der Waals surface area (Å²) < 4.78 is 3.75. The zero-order valence-corrected chi connectivity index (χ0v) is 10.7. The van der Waals surface area contributed by atoms with E-state index < -0.39 is 0 Å². The largest absolute Gasteiger partial charge is 0.492 e. The fourth-order valence-electron chi connectivity index (χ4n) is 1.22. The van der Waals surface area contributed by atoms with Crippen molar-refractivity contribution in [3.05, 3.63) is 33.8 Å². The third-order valence-corrected chi connectivity index (χ3v) is 3.35. The highest BCUT2D eigenvalue weighted by Crippen LogP contribution is 2.34. The summed E-state index contributed by atoms with van der Waals surface area (Å²) in [6.07, 6.45) is 1.03. The van der Waals surface area contributed by atoms with E-state index in [1.54, 1.807) is 18.2 Å². The summed E-state index contributed by atoms with van der Waals surface area (Å²) in [5, 5.41) is 21.1. The molecule has 0 aliphatic carbocycles. The molecule has 0 aliphatic heterocycles. The van der Waals surface area contributed by atoms with Crippen molar-refractivity contribution in [3.8, 4) is 5.88 Å². The van der Waals surface area contributed by atoms with Crippen LogP contribution < -0.4 is 5.32 Å². The van der Waals surface area contributed by atoms with E-state index in [1.807, 2.05) is 0 Å². The quantitative estimate of drug-likeness (QED) is 0.750. The molecule has 1 heterocycles. The molecule has 0 amide bonds. The molecule has 0 radical (unpaired) electrons. The summed E-state index contributed by atoms with van der Waals surface area (Å²) in [6.45, 7) is 0. The van der Waals surface area contributed by atoms with E-state index in [-0.39, 0.29) is 5.88 Å². The lowest BCUT2D eigenvalue weighted by molar-refractivity contribution is 0.459. The Morgan fingerprint density at radius 3 is 2.82 bits per heavy atom. The molecule has 2 aromatic rings. The van der Waals surface area contributed by atoms with Gasteiger partial charge >= 0.3 is 0 Å². The number of hydrogen-bond donors (Lipinski definition) is 3. The number of aromatic nitrogens is 1. The second-order valence-electron chi connectivity index (χ2n) is 3.14. The molecular weight excluding hydrogens is 281 g/mol. The molecule has 3 N–H and O–H groups in total. The standard InChI is InChI=1S/C10H7Cl2N3OS/c11-5-1-2-8(7(12)3-5)14-10-6(4-13)9(16)15-17-10/h1-4,13-14H,(H,15,16). The molecule has 0 saturated heterocycles. The maximum absolute atomic E-state index is 9.38. The minimum absolute atomic E-state index is 0.169. The first kappa shape index (κ1) is 12.2. The van der Waals surface area contributed by atoms with E-state index in [0.717, 1.165) is 17.7 Å². The molecule has 0 unspecified atom stereocenters. The van der Waals surface area contributed by atoms with Crippen LogP contribution in [0.1, 0.15) is 5.56 Å². The van der Waals surface area contributed by atoms with Crippen molar-refractivity contribution < 1.29 is 5.11 Å². The van der Waals surface area contributed by atoms with Gasteiger partial charge in [0.05, 0.1) is 16.3 Å². The minimum atomic E-state index is -0.169. The van der Waals surface area contributed by atoms with Crippen LogP contribution in [-0.4, -0.2) is 15.7 Å². The molecule has 1 aromatic heterocycles. The van der Waals surface area contributed by atoms with Gasteiger partial charge in [0.1, 0.15) is 5.00 Å². The number of rotatable bonds is 3. The number of nitrogens with one attached hydrogen (secondary N) is 2. The van der Waals surface area contributed by atoms with Gasteiger partial charge in [0.2, 0.25) is 5.88 Å². The van der Waals surface area contributed by atoms with Gasteiger partial charge in [-0.1, -0.05) is 23.2 Å². The molecule has 0 fully saturated rings. The van der Waals surface area contributed by atoms with E-state index in [1.165, 1.54) is 0 Å². The lowest BCUT2D eigenvalue weighted by Crippen LogP contribution is -1.92. The van der Waals surface area contributed by atoms with Crippen molar-refractivity contribution in [2.75, 3.05) is 5.32 Å². The summed E-state index contributed by atoms with van der Waals surface area (Å²) in [5.41, 5.74) is 0.976. The Labute approximate surface area is 111 Å². The van der Waals surface area contributed by atoms with Gasteiger partial charge < -0.3 is 15.8 Å². The molecule has 0 bridgehead atoms. The maximum atomic E-state index is 9.38. The van der Waals surface area contributed by atoms with Crippen LogP contribution in [0, 0.1) is 5.41 Å². The van der Waals surface area contributed by atoms with Crippen molar-refractivity contribution in [2.45, 2.75) is 0 Å². The molecule has 0 saturated carbocycles. The highest BCUT2D eigenvalue weighted by Gasteiger charge is 2.12. The van der Waals surface area contributed by atoms with Crippen LogP contribution in [0.3, 0.4) is 0 Å². The van der Waals surface area contributed by atoms with Crippen LogP contribution in [0.4, 0.5) is 10.7 Å². The number of nitrogens with zero attached hydrogens (tertiary/aromatic N) is 1. The summed E-state index contributed by atoms with van der Waals surface area (Å²) >= 11 is 12.8. The fourth-order valence-corrected chi connectivity index (χ4v) is 2.36. The highest BCUT2D eigenvalue weighted by atomic mass is 35.5. The van der Waals surface area contributed by atoms with Gasteiger partial charge in [-0.25, -0.2) is 0 Å². The Balaban J connectivity index is 2.34. The van der Waals surface area contributed by atoms with E-state index >= 15 is 0 Å². The number of anilines is 2. The summed E-state index contributed by atoms with van der Waals surface area (Å²) in [7, 11) is 0. The first-order valence-electron chi connectivity index (χ1n) is 4.53. The molecule has 1 aromatic carbocycles. The normalized spacial score (nSPS) is 10.2. The molecule has 0 spiro atoms. The van der Waals surface area contributed by atoms with E-state index in [9.17, 15) is 5.11 Å². The maximum Gasteiger partial charge on any atom is 0.233 e. The van der Waals surface area contributed by atoms with E-state index in [0.29, 0.717) is 26.3 Å². The third-order valence-electron chi connectivity index (χ3n) is 2.03. The van der Waals surface area contributed by atoms with Crippen LogP contribution in [0.15, 0.2) is 18.2 Å². The van der Waals surface area contributed by atoms with E-state index in [4.69, 9.17) is 28.6 Å². The first-order chi connectivity index (χ1) is 8.11. The second kappa shape index (κ2) is 4.91. The molecule has 17 heavy (non-hydrogen) atoms. The summed E-state index contributed by atoms with van der Waals surface area (Å²) in [5.74, 6) is -0.169. The second-order valence-corrected chi connectivity index (χ2v) is 4.76. The molecule has 4 nitrogen and oxygen atoms in total. The molecule has 0 atom stereocenters. The van der Waals surface area contributed by atoms with Crippen LogP contribution >= 0.6 is 34.7 Å². The van der Waals surface area contributed by atoms with Crippen molar-refractivity contribution >= 4 is 51.6 Å². The molecule has 2 rings (SSSR count). The fraction of sp³-hybridized carbons (Fsp3) is 0. The zero-order valence-electron chi connectivity index (χ0n) is 8.37. The van der Waals surface area contributed by atoms with Gasteiger partial charge in [-0.15, -0.1) is 0 Å². The SMILES string of the molecule is N=Cc1c(O)nsc1Nc1ccc(Cl)cc1Cl. The van der Waals surface area contributed by atoms with Crippen LogP contribution in [-0.2, 0) is 0 Å². The molecule has 0 aliphatic rings. The number of halogens is 2. The number of benzene rings is 1. The summed E-state index contributed by atoms with van der Waals surface area (Å²) in [6, 6.07) is 5.02. The highest BCUT2D eigenvalue weighted by molar-refractivity contribution is 7.10. The Bertz CT molecular complexity index is 571. The van der Waals surface area contributed by atoms with Gasteiger partial charge in [-0.2, -0.15) is 4.37 Å². The van der Waals surface area contributed by atoms with Crippen LogP contribution in [0.2, 0.25) is 10.0 Å². The van der Waals surface area contributed by atoms with Crippen molar-refractivity contribution in [3.63, 3.8) is 0 Å². The van der Waals surface area contributed by atoms with Crippen LogP contribution in [0.25, 0.3) is 0 Å². The van der Waals surface area contributed by atoms with Crippen molar-refractivity contribution in [1.29, 1.82) is 5.41 Å². The lowest BCUT2D eigenvalue weighted by atomic mass is 10.3. The Morgan fingerprint density at radius 2 is 2.18 bits per heavy atom. The monoisotopic (exact) mass is 287 g/mol. The van der Waals surface area contributed by atoms with E-state index in [2.05, 4.69) is 9.69 Å². The molecular formula is C10H7Cl2N3OS. The topological polar surface area (TPSA) is 69.0 Å². The van der Waals surface area contributed by atoms with Crippen LogP contribution in [0.5, 0.6) is 5.88 Å². The average Bonchev–Trinajstić information content (AvgIpc) is 2.63. The van der Waals surface area contributed by atoms with Crippen molar-refractivity contribution in [1.82, 2.24) is 4.37 Å². The number of hydrogen-bond acceptors (Lipinski definition) is 5. The predicted octanol–water partition coefficient (Wildman–Crippen LogP) is 3.90. The first-order valence-corrected chi connectivity index (χ1v) is 6.06. The molecule has 7 heteroatoms. The summed E-state index contributed by atoms with van der Waals surface area (Å²) in [4.78, 5) is 0. The Morgan fingerprint density at radius 1 is 1.41 bits per heavy atom. The van der Waals surface area contributed by atoms with Gasteiger partial charge in [0.25, 0.3) is 0 Å². The van der Waals surface area contributed by atoms with Crippen molar-refractivity contribution in [2.24, 2.45) is 0 Å². The lowest BCUT2D eigenvalue weighted by Gasteiger charge is -2.06. The Kier molecular flexibility index (Phi) is 3.51.